The molecule has 0 aromatic heterocycles. The van der Waals surface area contributed by atoms with E-state index in [2.05, 4.69) is 46.3 Å². The van der Waals surface area contributed by atoms with Crippen LogP contribution in [0, 0.1) is 3.57 Å². The van der Waals surface area contributed by atoms with Crippen LogP contribution in [0.3, 0.4) is 0 Å². The highest BCUT2D eigenvalue weighted by atomic mass is 127. The van der Waals surface area contributed by atoms with Crippen molar-refractivity contribution in [1.82, 2.24) is 0 Å². The van der Waals surface area contributed by atoms with E-state index < -0.39 is 0 Å². The number of rotatable bonds is 1. The molecule has 0 bridgehead atoms. The van der Waals surface area contributed by atoms with Crippen molar-refractivity contribution in [2.75, 3.05) is 18.1 Å². The molecular weight excluding hydrogens is 281 g/mol. The Morgan fingerprint density at radius 2 is 2.33 bits per heavy atom. The molecule has 0 amide bonds. The van der Waals surface area contributed by atoms with Crippen molar-refractivity contribution in [1.29, 1.82) is 0 Å². The van der Waals surface area contributed by atoms with Crippen LogP contribution in [0.5, 0.6) is 0 Å². The maximum atomic E-state index is 3.38. The monoisotopic (exact) mass is 291 g/mol. The van der Waals surface area contributed by atoms with Gasteiger partial charge in [0.2, 0.25) is 0 Å². The SMILES string of the molecule is CSc1cc2c(cc1I)NCC2. The molecule has 0 atom stereocenters. The van der Waals surface area contributed by atoms with E-state index in [1.807, 2.05) is 11.8 Å². The fourth-order valence-corrected chi connectivity index (χ4v) is 3.10. The third-order valence-electron chi connectivity index (χ3n) is 2.09. The molecule has 1 nitrogen and oxygen atoms in total. The maximum Gasteiger partial charge on any atom is 0.0384 e. The number of nitrogens with one attached hydrogen (secondary N) is 1. The number of halogens is 1. The van der Waals surface area contributed by atoms with Crippen molar-refractivity contribution < 1.29 is 0 Å². The van der Waals surface area contributed by atoms with E-state index in [1.165, 1.54) is 26.1 Å². The predicted octanol–water partition coefficient (Wildman–Crippen LogP) is 2.98. The molecule has 0 unspecified atom stereocenters. The van der Waals surface area contributed by atoms with E-state index in [9.17, 15) is 0 Å². The summed E-state index contributed by atoms with van der Waals surface area (Å²) >= 11 is 4.22. The lowest BCUT2D eigenvalue weighted by Gasteiger charge is -2.04. The Kier molecular flexibility index (Phi) is 2.50. The first-order chi connectivity index (χ1) is 5.81. The minimum atomic E-state index is 1.10. The zero-order valence-corrected chi connectivity index (χ0v) is 9.83. The van der Waals surface area contributed by atoms with E-state index in [4.69, 9.17) is 0 Å². The van der Waals surface area contributed by atoms with Crippen LogP contribution in [-0.2, 0) is 6.42 Å². The van der Waals surface area contributed by atoms with Gasteiger partial charge < -0.3 is 5.32 Å². The molecule has 2 rings (SSSR count). The first-order valence-electron chi connectivity index (χ1n) is 3.91. The van der Waals surface area contributed by atoms with Gasteiger partial charge in [0, 0.05) is 20.7 Å². The van der Waals surface area contributed by atoms with Gasteiger partial charge in [-0.25, -0.2) is 0 Å². The molecule has 64 valence electrons. The van der Waals surface area contributed by atoms with Gasteiger partial charge in [-0.2, -0.15) is 0 Å². The lowest BCUT2D eigenvalue weighted by Crippen LogP contribution is -1.91. The first-order valence-corrected chi connectivity index (χ1v) is 6.22. The largest absolute Gasteiger partial charge is 0.384 e. The summed E-state index contributed by atoms with van der Waals surface area (Å²) in [6, 6.07) is 4.55. The normalized spacial score (nSPS) is 14.2. The van der Waals surface area contributed by atoms with Gasteiger partial charge in [0.15, 0.2) is 0 Å². The van der Waals surface area contributed by atoms with Gasteiger partial charge in [0.1, 0.15) is 0 Å². The van der Waals surface area contributed by atoms with E-state index >= 15 is 0 Å². The van der Waals surface area contributed by atoms with Gasteiger partial charge in [-0.1, -0.05) is 0 Å². The minimum Gasteiger partial charge on any atom is -0.384 e. The van der Waals surface area contributed by atoms with Crippen LogP contribution >= 0.6 is 34.4 Å². The summed E-state index contributed by atoms with van der Waals surface area (Å²) in [7, 11) is 0. The summed E-state index contributed by atoms with van der Waals surface area (Å²) in [6.07, 6.45) is 3.31. The van der Waals surface area contributed by atoms with Crippen molar-refractivity contribution in [2.45, 2.75) is 11.3 Å². The van der Waals surface area contributed by atoms with Gasteiger partial charge >= 0.3 is 0 Å². The summed E-state index contributed by atoms with van der Waals surface area (Å²) in [6.45, 7) is 1.10. The smallest absolute Gasteiger partial charge is 0.0384 e. The Bertz CT molecular complexity index is 311. The van der Waals surface area contributed by atoms with Crippen molar-refractivity contribution in [3.63, 3.8) is 0 Å². The molecule has 0 spiro atoms. The highest BCUT2D eigenvalue weighted by molar-refractivity contribution is 14.1. The lowest BCUT2D eigenvalue weighted by atomic mass is 10.2. The van der Waals surface area contributed by atoms with Gasteiger partial charge in [-0.05, 0) is 53.0 Å². The van der Waals surface area contributed by atoms with Crippen LogP contribution < -0.4 is 5.32 Å². The fraction of sp³-hybridized carbons (Fsp3) is 0.333. The zero-order chi connectivity index (χ0) is 8.55. The van der Waals surface area contributed by atoms with Crippen LogP contribution in [-0.4, -0.2) is 12.8 Å². The van der Waals surface area contributed by atoms with Crippen LogP contribution in [0.2, 0.25) is 0 Å². The van der Waals surface area contributed by atoms with Gasteiger partial charge in [-0.3, -0.25) is 0 Å². The number of fused-ring (bicyclic) bond motifs is 1. The van der Waals surface area contributed by atoms with Crippen molar-refractivity contribution >= 4 is 40.0 Å². The Morgan fingerprint density at radius 3 is 3.08 bits per heavy atom. The molecule has 0 aliphatic carbocycles. The molecule has 0 saturated heterocycles. The molecule has 1 aromatic rings. The molecule has 3 heteroatoms. The van der Waals surface area contributed by atoms with Gasteiger partial charge in [-0.15, -0.1) is 11.8 Å². The number of benzene rings is 1. The minimum absolute atomic E-state index is 1.10. The standard InChI is InChI=1S/C9H10INS/c1-12-9-4-6-2-3-11-8(6)5-7(9)10/h4-5,11H,2-3H2,1H3. The van der Waals surface area contributed by atoms with Crippen LogP contribution in [0.1, 0.15) is 5.56 Å². The molecule has 1 aliphatic heterocycles. The molecule has 1 aromatic carbocycles. The Morgan fingerprint density at radius 1 is 1.50 bits per heavy atom. The molecule has 0 radical (unpaired) electrons. The summed E-state index contributed by atoms with van der Waals surface area (Å²) in [4.78, 5) is 1.40. The number of anilines is 1. The highest BCUT2D eigenvalue weighted by Crippen LogP contribution is 2.31. The molecule has 1 N–H and O–H groups in total. The molecular formula is C9H10INS. The molecule has 0 fully saturated rings. The number of thioether (sulfide) groups is 1. The quantitative estimate of drug-likeness (QED) is 0.630. The van der Waals surface area contributed by atoms with E-state index in [0.29, 0.717) is 0 Å². The summed E-state index contributed by atoms with van der Waals surface area (Å²) in [5.74, 6) is 0. The fourth-order valence-electron chi connectivity index (χ4n) is 1.46. The maximum absolute atomic E-state index is 3.38. The Labute approximate surface area is 90.5 Å². The van der Waals surface area contributed by atoms with Crippen molar-refractivity contribution in [3.8, 4) is 0 Å². The average molecular weight is 291 g/mol. The second-order valence-corrected chi connectivity index (χ2v) is 4.83. The van der Waals surface area contributed by atoms with Gasteiger partial charge in [0.05, 0.1) is 0 Å². The topological polar surface area (TPSA) is 12.0 Å². The van der Waals surface area contributed by atoms with E-state index in [-0.39, 0.29) is 0 Å². The van der Waals surface area contributed by atoms with Crippen LogP contribution in [0.4, 0.5) is 5.69 Å². The summed E-state index contributed by atoms with van der Waals surface area (Å²) < 4.78 is 1.35. The first kappa shape index (κ1) is 8.69. The van der Waals surface area contributed by atoms with Crippen LogP contribution in [0.25, 0.3) is 0 Å². The second kappa shape index (κ2) is 3.46. The lowest BCUT2D eigenvalue weighted by molar-refractivity contribution is 1.10. The van der Waals surface area contributed by atoms with E-state index in [0.717, 1.165) is 6.54 Å². The summed E-state index contributed by atoms with van der Waals surface area (Å²) in [5.41, 5.74) is 2.80. The Balaban J connectivity index is 2.49. The Hall–Kier alpha value is 0.1000. The van der Waals surface area contributed by atoms with Gasteiger partial charge in [0.25, 0.3) is 0 Å². The third kappa shape index (κ3) is 1.44. The molecule has 12 heavy (non-hydrogen) atoms. The second-order valence-electron chi connectivity index (χ2n) is 2.82. The average Bonchev–Trinajstić information content (AvgIpc) is 2.49. The van der Waals surface area contributed by atoms with Crippen molar-refractivity contribution in [3.05, 3.63) is 21.3 Å². The summed E-state index contributed by atoms with van der Waals surface area (Å²) in [5, 5.41) is 3.38. The van der Waals surface area contributed by atoms with Crippen LogP contribution in [0.15, 0.2) is 17.0 Å². The molecule has 1 heterocycles. The third-order valence-corrected chi connectivity index (χ3v) is 4.12. The number of hydrogen-bond donors (Lipinski definition) is 1. The number of hydrogen-bond acceptors (Lipinski definition) is 2. The van der Waals surface area contributed by atoms with E-state index in [1.54, 1.807) is 0 Å². The van der Waals surface area contributed by atoms with Crippen molar-refractivity contribution in [2.24, 2.45) is 0 Å². The zero-order valence-electron chi connectivity index (χ0n) is 6.86. The highest BCUT2D eigenvalue weighted by Gasteiger charge is 2.12. The molecule has 1 aliphatic rings. The molecule has 0 saturated carbocycles. The predicted molar refractivity (Wildman–Crippen MR) is 63.1 cm³/mol.